The van der Waals surface area contributed by atoms with E-state index in [1.807, 2.05) is 0 Å². The third-order valence-corrected chi connectivity index (χ3v) is 6.49. The van der Waals surface area contributed by atoms with Gasteiger partial charge in [0.25, 0.3) is 0 Å². The van der Waals surface area contributed by atoms with E-state index < -0.39 is 18.4 Å². The fourth-order valence-corrected chi connectivity index (χ4v) is 4.44. The molecule has 0 fully saturated rings. The minimum absolute atomic E-state index is 0.0709. The molecule has 0 saturated carbocycles. The molecule has 0 bridgehead atoms. The van der Waals surface area contributed by atoms with Crippen LogP contribution in [-0.4, -0.2) is 54.5 Å². The molecule has 40 heavy (non-hydrogen) atoms. The highest BCUT2D eigenvalue weighted by atomic mass is 35.5. The number of halogens is 5. The summed E-state index contributed by atoms with van der Waals surface area (Å²) in [6.45, 7) is -2.51. The van der Waals surface area contributed by atoms with Crippen molar-refractivity contribution in [1.82, 2.24) is 54.5 Å². The Hall–Kier alpha value is -4.56. The summed E-state index contributed by atoms with van der Waals surface area (Å²) in [4.78, 5) is 4.94. The maximum atomic E-state index is 15.3. The molecule has 16 heteroatoms. The lowest BCUT2D eigenvalue weighted by Crippen LogP contribution is -2.19. The topological polar surface area (TPSA) is 110 Å². The van der Waals surface area contributed by atoms with Crippen molar-refractivity contribution in [2.75, 3.05) is 0 Å². The Morgan fingerprint density at radius 3 is 2.48 bits per heavy atom. The van der Waals surface area contributed by atoms with Gasteiger partial charge in [0.1, 0.15) is 11.7 Å². The van der Waals surface area contributed by atoms with E-state index in [4.69, 9.17) is 23.2 Å². The summed E-state index contributed by atoms with van der Waals surface area (Å²) in [6.07, 6.45) is 10.8. The van der Waals surface area contributed by atoms with Crippen LogP contribution in [0.4, 0.5) is 13.2 Å². The lowest BCUT2D eigenvalue weighted by molar-refractivity contribution is 0.0415. The first-order valence-electron chi connectivity index (χ1n) is 11.6. The van der Waals surface area contributed by atoms with Crippen LogP contribution in [0.15, 0.2) is 73.7 Å². The molecule has 0 saturated heterocycles. The SMILES string of the molecule is Fc1c(Cl)ccc(-n2cc(Cl)nn2)c1-c1ccc([C@@H](Cn2cccn2)n2cc(-c3cnn(C(F)F)n3)cn2)nc1. The van der Waals surface area contributed by atoms with Gasteiger partial charge in [-0.15, -0.1) is 15.0 Å². The van der Waals surface area contributed by atoms with E-state index >= 15 is 4.39 Å². The van der Waals surface area contributed by atoms with Crippen LogP contribution in [0, 0.1) is 5.82 Å². The molecule has 6 aromatic rings. The Morgan fingerprint density at radius 2 is 1.80 bits per heavy atom. The standard InChI is InChI=1S/C24H16Cl2F3N11/c25-16-3-5-19(39-13-21(26)34-36-39)22(23(16)27)14-2-4-17(30-8-14)20(12-37-7-1-6-31-37)38-11-15(9-32-38)18-10-33-40(35-18)24(28)29/h1-11,13,20,24H,12H2/t20-/m1/s1. The average Bonchev–Trinajstić information content (AvgIpc) is 3.76. The van der Waals surface area contributed by atoms with Gasteiger partial charge in [-0.2, -0.15) is 24.1 Å². The molecule has 1 atom stereocenters. The number of benzene rings is 1. The summed E-state index contributed by atoms with van der Waals surface area (Å²) in [5.74, 6) is -0.651. The molecular weight excluding hydrogens is 570 g/mol. The summed E-state index contributed by atoms with van der Waals surface area (Å²) < 4.78 is 45.9. The number of rotatable bonds is 8. The van der Waals surface area contributed by atoms with Crippen molar-refractivity contribution in [2.45, 2.75) is 19.1 Å². The number of pyridine rings is 1. The van der Waals surface area contributed by atoms with Gasteiger partial charge in [0, 0.05) is 41.5 Å². The van der Waals surface area contributed by atoms with Crippen LogP contribution in [-0.2, 0) is 6.54 Å². The highest BCUT2D eigenvalue weighted by Gasteiger charge is 2.22. The molecule has 6 rings (SSSR count). The molecule has 0 aliphatic heterocycles. The van der Waals surface area contributed by atoms with Crippen LogP contribution in [0.2, 0.25) is 10.2 Å². The van der Waals surface area contributed by atoms with Gasteiger partial charge in [-0.1, -0.05) is 34.5 Å². The van der Waals surface area contributed by atoms with E-state index in [0.717, 1.165) is 0 Å². The van der Waals surface area contributed by atoms with E-state index in [2.05, 4.69) is 35.7 Å². The molecule has 0 aliphatic rings. The monoisotopic (exact) mass is 585 g/mol. The third-order valence-electron chi connectivity index (χ3n) is 6.02. The molecule has 1 aromatic carbocycles. The van der Waals surface area contributed by atoms with Crippen LogP contribution < -0.4 is 0 Å². The van der Waals surface area contributed by atoms with Crippen LogP contribution >= 0.6 is 23.2 Å². The predicted octanol–water partition coefficient (Wildman–Crippen LogP) is 5.11. The zero-order valence-electron chi connectivity index (χ0n) is 20.1. The predicted molar refractivity (Wildman–Crippen MR) is 137 cm³/mol. The van der Waals surface area contributed by atoms with E-state index in [-0.39, 0.29) is 21.4 Å². The minimum Gasteiger partial charge on any atom is -0.270 e. The maximum absolute atomic E-state index is 15.3. The highest BCUT2D eigenvalue weighted by Crippen LogP contribution is 2.34. The van der Waals surface area contributed by atoms with Crippen molar-refractivity contribution in [3.63, 3.8) is 0 Å². The van der Waals surface area contributed by atoms with E-state index in [0.29, 0.717) is 33.8 Å². The average molecular weight is 586 g/mol. The summed E-state index contributed by atoms with van der Waals surface area (Å²) >= 11 is 12.0. The Morgan fingerprint density at radius 1 is 0.925 bits per heavy atom. The summed E-state index contributed by atoms with van der Waals surface area (Å²) in [6, 6.07) is 7.78. The van der Waals surface area contributed by atoms with Crippen molar-refractivity contribution in [3.05, 3.63) is 95.4 Å². The van der Waals surface area contributed by atoms with E-state index in [1.165, 1.54) is 35.5 Å². The van der Waals surface area contributed by atoms with Crippen molar-refractivity contribution in [2.24, 2.45) is 0 Å². The molecule has 5 aromatic heterocycles. The van der Waals surface area contributed by atoms with Crippen LogP contribution in [0.5, 0.6) is 0 Å². The number of alkyl halides is 2. The first-order valence-corrected chi connectivity index (χ1v) is 12.4. The third kappa shape index (κ3) is 4.94. The molecule has 0 aliphatic carbocycles. The Balaban J connectivity index is 1.37. The second-order valence-electron chi connectivity index (χ2n) is 8.49. The molecule has 0 spiro atoms. The van der Waals surface area contributed by atoms with Crippen LogP contribution in [0.3, 0.4) is 0 Å². The van der Waals surface area contributed by atoms with Crippen molar-refractivity contribution >= 4 is 23.2 Å². The van der Waals surface area contributed by atoms with Gasteiger partial charge < -0.3 is 0 Å². The van der Waals surface area contributed by atoms with Gasteiger partial charge in [-0.05, 0) is 24.3 Å². The number of aromatic nitrogens is 11. The maximum Gasteiger partial charge on any atom is 0.348 e. The first-order chi connectivity index (χ1) is 19.4. The van der Waals surface area contributed by atoms with Crippen LogP contribution in [0.1, 0.15) is 18.3 Å². The summed E-state index contributed by atoms with van der Waals surface area (Å²) in [7, 11) is 0. The number of hydrogen-bond donors (Lipinski definition) is 0. The summed E-state index contributed by atoms with van der Waals surface area (Å²) in [5.41, 5.74) is 2.29. The number of hydrogen-bond acceptors (Lipinski definition) is 7. The molecule has 0 amide bonds. The van der Waals surface area contributed by atoms with Gasteiger partial charge in [-0.3, -0.25) is 14.3 Å². The Bertz CT molecular complexity index is 1760. The van der Waals surface area contributed by atoms with E-state index in [1.54, 1.807) is 52.2 Å². The van der Waals surface area contributed by atoms with Crippen molar-refractivity contribution in [3.8, 4) is 28.1 Å². The molecule has 0 unspecified atom stereocenters. The highest BCUT2D eigenvalue weighted by molar-refractivity contribution is 6.31. The molecule has 0 radical (unpaired) electrons. The van der Waals surface area contributed by atoms with Gasteiger partial charge in [0.2, 0.25) is 0 Å². The van der Waals surface area contributed by atoms with Gasteiger partial charge in [0.15, 0.2) is 11.0 Å². The van der Waals surface area contributed by atoms with E-state index in [9.17, 15) is 8.78 Å². The molecule has 202 valence electrons. The fraction of sp³-hybridized carbons (Fsp3) is 0.125. The molecule has 5 heterocycles. The first kappa shape index (κ1) is 25.7. The minimum atomic E-state index is -2.86. The fourth-order valence-electron chi connectivity index (χ4n) is 4.16. The Kier molecular flexibility index (Phi) is 6.77. The summed E-state index contributed by atoms with van der Waals surface area (Å²) in [5, 5.41) is 23.9. The van der Waals surface area contributed by atoms with Gasteiger partial charge in [-0.25, -0.2) is 9.07 Å². The lowest BCUT2D eigenvalue weighted by atomic mass is 10.0. The molecule has 11 nitrogen and oxygen atoms in total. The van der Waals surface area contributed by atoms with Crippen molar-refractivity contribution < 1.29 is 13.2 Å². The smallest absolute Gasteiger partial charge is 0.270 e. The van der Waals surface area contributed by atoms with Gasteiger partial charge in [0.05, 0.1) is 41.5 Å². The molecular formula is C24H16Cl2F3N11. The van der Waals surface area contributed by atoms with Crippen molar-refractivity contribution in [1.29, 1.82) is 0 Å². The quantitative estimate of drug-likeness (QED) is 0.244. The van der Waals surface area contributed by atoms with Crippen LogP contribution in [0.25, 0.3) is 28.1 Å². The molecule has 0 N–H and O–H groups in total. The lowest BCUT2D eigenvalue weighted by Gasteiger charge is -2.18. The normalized spacial score (nSPS) is 12.3. The second-order valence-corrected chi connectivity index (χ2v) is 9.29. The largest absolute Gasteiger partial charge is 0.348 e. The number of nitrogens with zero attached hydrogens (tertiary/aromatic N) is 11. The zero-order valence-corrected chi connectivity index (χ0v) is 21.6. The zero-order chi connectivity index (χ0) is 27.8. The van der Waals surface area contributed by atoms with Gasteiger partial charge >= 0.3 is 6.55 Å². The Labute approximate surface area is 233 Å². The second kappa shape index (κ2) is 10.5.